The number of anilines is 2. The molecule has 0 unspecified atom stereocenters. The lowest BCUT2D eigenvalue weighted by molar-refractivity contribution is -0.115. The minimum atomic E-state index is -0.173. The molecule has 0 fully saturated rings. The van der Waals surface area contributed by atoms with Crippen molar-refractivity contribution in [3.05, 3.63) is 71.9 Å². The van der Waals surface area contributed by atoms with Crippen molar-refractivity contribution in [2.45, 2.75) is 12.8 Å². The standard InChI is InChI=1S/C21H19N5O/c1-15-13-25(19-10-6-5-9-18(15)19)14-20(27)24-21-16(11-22)12-23-26(21)17-7-3-2-4-8-17/h2-10,12,15H,13-14H2,1H3,(H,24,27)/t15-/m0/s1. The molecule has 6 heteroatoms. The average molecular weight is 357 g/mol. The molecular formula is C21H19N5O. The van der Waals surface area contributed by atoms with Gasteiger partial charge < -0.3 is 10.2 Å². The zero-order valence-corrected chi connectivity index (χ0v) is 15.0. The van der Waals surface area contributed by atoms with E-state index in [1.165, 1.54) is 11.8 Å². The molecule has 1 aliphatic rings. The molecule has 0 spiro atoms. The van der Waals surface area contributed by atoms with Gasteiger partial charge in [-0.15, -0.1) is 0 Å². The molecular weight excluding hydrogens is 338 g/mol. The molecule has 1 N–H and O–H groups in total. The topological polar surface area (TPSA) is 74.0 Å². The molecule has 2 aromatic carbocycles. The monoisotopic (exact) mass is 357 g/mol. The number of rotatable bonds is 4. The molecule has 1 aromatic heterocycles. The van der Waals surface area contributed by atoms with Gasteiger partial charge in [-0.25, -0.2) is 4.68 Å². The number of nitrogens with zero attached hydrogens (tertiary/aromatic N) is 4. The first-order valence-electron chi connectivity index (χ1n) is 8.84. The lowest BCUT2D eigenvalue weighted by Crippen LogP contribution is -2.33. The number of carbonyl (C=O) groups is 1. The smallest absolute Gasteiger partial charge is 0.245 e. The molecule has 1 amide bonds. The summed E-state index contributed by atoms with van der Waals surface area (Å²) in [7, 11) is 0. The molecule has 3 aromatic rings. The van der Waals surface area contributed by atoms with Crippen molar-refractivity contribution in [2.75, 3.05) is 23.3 Å². The Morgan fingerprint density at radius 3 is 2.74 bits per heavy atom. The van der Waals surface area contributed by atoms with Crippen LogP contribution in [0.2, 0.25) is 0 Å². The van der Waals surface area contributed by atoms with Crippen molar-refractivity contribution in [1.82, 2.24) is 9.78 Å². The third-order valence-electron chi connectivity index (χ3n) is 4.79. The molecule has 0 saturated heterocycles. The van der Waals surface area contributed by atoms with Crippen LogP contribution in [0.3, 0.4) is 0 Å². The van der Waals surface area contributed by atoms with Crippen LogP contribution < -0.4 is 10.2 Å². The van der Waals surface area contributed by atoms with Gasteiger partial charge in [-0.3, -0.25) is 4.79 Å². The van der Waals surface area contributed by atoms with Crippen molar-refractivity contribution < 1.29 is 4.79 Å². The third-order valence-corrected chi connectivity index (χ3v) is 4.79. The lowest BCUT2D eigenvalue weighted by Gasteiger charge is -2.19. The van der Waals surface area contributed by atoms with Crippen molar-refractivity contribution in [3.63, 3.8) is 0 Å². The minimum Gasteiger partial charge on any atom is -0.361 e. The van der Waals surface area contributed by atoms with Gasteiger partial charge in [0.05, 0.1) is 18.4 Å². The summed E-state index contributed by atoms with van der Waals surface area (Å²) in [6, 6.07) is 19.7. The molecule has 4 rings (SSSR count). The fourth-order valence-electron chi connectivity index (χ4n) is 3.53. The van der Waals surface area contributed by atoms with E-state index in [0.29, 0.717) is 17.3 Å². The van der Waals surface area contributed by atoms with Crippen LogP contribution in [0, 0.1) is 11.3 Å². The average Bonchev–Trinajstić information content (AvgIpc) is 3.24. The van der Waals surface area contributed by atoms with Crippen LogP contribution in [0.4, 0.5) is 11.5 Å². The van der Waals surface area contributed by atoms with Crippen molar-refractivity contribution in [3.8, 4) is 11.8 Å². The summed E-state index contributed by atoms with van der Waals surface area (Å²) in [4.78, 5) is 14.8. The van der Waals surface area contributed by atoms with Gasteiger partial charge in [0.2, 0.25) is 5.91 Å². The first-order valence-corrected chi connectivity index (χ1v) is 8.84. The first kappa shape index (κ1) is 16.9. The molecule has 1 aliphatic heterocycles. The van der Waals surface area contributed by atoms with Gasteiger partial charge in [-0.05, 0) is 23.8 Å². The highest BCUT2D eigenvalue weighted by Crippen LogP contribution is 2.35. The van der Waals surface area contributed by atoms with Gasteiger partial charge in [0.15, 0.2) is 5.82 Å². The van der Waals surface area contributed by atoms with E-state index in [1.54, 1.807) is 4.68 Å². The maximum absolute atomic E-state index is 12.7. The van der Waals surface area contributed by atoms with E-state index in [2.05, 4.69) is 34.4 Å². The van der Waals surface area contributed by atoms with Crippen LogP contribution in [0.5, 0.6) is 0 Å². The van der Waals surface area contributed by atoms with E-state index in [1.807, 2.05) is 48.5 Å². The SMILES string of the molecule is C[C@H]1CN(CC(=O)Nc2c(C#N)cnn2-c2ccccc2)c2ccccc21. The lowest BCUT2D eigenvalue weighted by atomic mass is 10.0. The molecule has 134 valence electrons. The fourth-order valence-corrected chi connectivity index (χ4v) is 3.53. The Bertz CT molecular complexity index is 1020. The summed E-state index contributed by atoms with van der Waals surface area (Å²) in [5.41, 5.74) is 3.48. The third kappa shape index (κ3) is 3.15. The predicted molar refractivity (Wildman–Crippen MR) is 104 cm³/mol. The van der Waals surface area contributed by atoms with Gasteiger partial charge >= 0.3 is 0 Å². The number of benzene rings is 2. The van der Waals surface area contributed by atoms with Crippen LogP contribution in [0.25, 0.3) is 5.69 Å². The zero-order valence-electron chi connectivity index (χ0n) is 15.0. The molecule has 6 nitrogen and oxygen atoms in total. The Kier molecular flexibility index (Phi) is 4.35. The van der Waals surface area contributed by atoms with Crippen LogP contribution in [-0.4, -0.2) is 28.8 Å². The second kappa shape index (κ2) is 6.96. The number of amides is 1. The molecule has 0 saturated carbocycles. The summed E-state index contributed by atoms with van der Waals surface area (Å²) in [6.07, 6.45) is 1.47. The van der Waals surface area contributed by atoms with E-state index in [-0.39, 0.29) is 12.5 Å². The number of hydrogen-bond donors (Lipinski definition) is 1. The second-order valence-corrected chi connectivity index (χ2v) is 6.65. The van der Waals surface area contributed by atoms with E-state index in [0.717, 1.165) is 17.9 Å². The highest BCUT2D eigenvalue weighted by atomic mass is 16.2. The van der Waals surface area contributed by atoms with Gasteiger partial charge in [0.1, 0.15) is 11.6 Å². The van der Waals surface area contributed by atoms with Crippen LogP contribution in [-0.2, 0) is 4.79 Å². The normalized spacial score (nSPS) is 15.3. The molecule has 0 bridgehead atoms. The molecule has 2 heterocycles. The summed E-state index contributed by atoms with van der Waals surface area (Å²) < 4.78 is 1.58. The fraction of sp³-hybridized carbons (Fsp3) is 0.190. The number of hydrogen-bond acceptors (Lipinski definition) is 4. The first-order chi connectivity index (χ1) is 13.2. The number of nitriles is 1. The minimum absolute atomic E-state index is 0.173. The maximum Gasteiger partial charge on any atom is 0.245 e. The highest BCUT2D eigenvalue weighted by Gasteiger charge is 2.27. The van der Waals surface area contributed by atoms with Crippen LogP contribution in [0.1, 0.15) is 24.0 Å². The largest absolute Gasteiger partial charge is 0.361 e. The number of para-hydroxylation sites is 2. The Morgan fingerprint density at radius 2 is 1.96 bits per heavy atom. The Hall–Kier alpha value is -3.59. The van der Waals surface area contributed by atoms with Crippen molar-refractivity contribution >= 4 is 17.4 Å². The summed E-state index contributed by atoms with van der Waals surface area (Å²) in [5.74, 6) is 0.612. The predicted octanol–water partition coefficient (Wildman–Crippen LogP) is 3.31. The Balaban J connectivity index is 1.56. The van der Waals surface area contributed by atoms with E-state index >= 15 is 0 Å². The Labute approximate surface area is 157 Å². The molecule has 27 heavy (non-hydrogen) atoms. The van der Waals surface area contributed by atoms with E-state index in [4.69, 9.17) is 0 Å². The van der Waals surface area contributed by atoms with Gasteiger partial charge in [0.25, 0.3) is 0 Å². The van der Waals surface area contributed by atoms with Crippen LogP contribution in [0.15, 0.2) is 60.8 Å². The molecule has 0 aliphatic carbocycles. The number of carbonyl (C=O) groups excluding carboxylic acids is 1. The summed E-state index contributed by atoms with van der Waals surface area (Å²) in [5, 5.41) is 16.5. The number of aromatic nitrogens is 2. The van der Waals surface area contributed by atoms with Crippen molar-refractivity contribution in [2.24, 2.45) is 0 Å². The van der Waals surface area contributed by atoms with E-state index in [9.17, 15) is 10.1 Å². The summed E-state index contributed by atoms with van der Waals surface area (Å²) >= 11 is 0. The zero-order chi connectivity index (χ0) is 18.8. The Morgan fingerprint density at radius 1 is 1.22 bits per heavy atom. The number of nitrogens with one attached hydrogen (secondary N) is 1. The second-order valence-electron chi connectivity index (χ2n) is 6.65. The van der Waals surface area contributed by atoms with Crippen molar-refractivity contribution in [1.29, 1.82) is 5.26 Å². The quantitative estimate of drug-likeness (QED) is 0.777. The van der Waals surface area contributed by atoms with E-state index < -0.39 is 0 Å². The van der Waals surface area contributed by atoms with Gasteiger partial charge in [-0.1, -0.05) is 43.3 Å². The summed E-state index contributed by atoms with van der Waals surface area (Å²) in [6.45, 7) is 3.19. The van der Waals surface area contributed by atoms with Crippen LogP contribution >= 0.6 is 0 Å². The maximum atomic E-state index is 12.7. The van der Waals surface area contributed by atoms with Gasteiger partial charge in [-0.2, -0.15) is 10.4 Å². The van der Waals surface area contributed by atoms with Gasteiger partial charge in [0, 0.05) is 18.2 Å². The molecule has 0 radical (unpaired) electrons. The number of fused-ring (bicyclic) bond motifs is 1. The molecule has 1 atom stereocenters. The highest BCUT2D eigenvalue weighted by molar-refractivity contribution is 5.95.